The van der Waals surface area contributed by atoms with E-state index in [4.69, 9.17) is 4.42 Å². The van der Waals surface area contributed by atoms with E-state index in [1.165, 1.54) is 17.2 Å². The molecular formula is C21H20FN2O+. The number of aryl methyl sites for hydroxylation is 5. The van der Waals surface area contributed by atoms with Gasteiger partial charge in [-0.25, -0.2) is 4.57 Å². The highest BCUT2D eigenvalue weighted by molar-refractivity contribution is 6.10. The molecule has 4 aromatic rings. The number of hydrogen-bond acceptors (Lipinski definition) is 2. The van der Waals surface area contributed by atoms with Gasteiger partial charge in [-0.05, 0) is 56.5 Å². The molecule has 4 heteroatoms. The van der Waals surface area contributed by atoms with Crippen LogP contribution in [0.25, 0.3) is 33.3 Å². The normalized spacial score (nSPS) is 11.6. The fourth-order valence-electron chi connectivity index (χ4n) is 3.62. The van der Waals surface area contributed by atoms with Gasteiger partial charge in [-0.1, -0.05) is 6.07 Å². The smallest absolute Gasteiger partial charge is 0.229 e. The summed E-state index contributed by atoms with van der Waals surface area (Å²) in [6, 6.07) is 7.46. The lowest BCUT2D eigenvalue weighted by molar-refractivity contribution is -0.660. The quantitative estimate of drug-likeness (QED) is 0.368. The summed E-state index contributed by atoms with van der Waals surface area (Å²) in [7, 11) is 2.04. The molecule has 0 aliphatic heterocycles. The standard InChI is InChI=1S/C21H20FN2O/c1-11-9-16(24(5)10-14(11)4)19-13(3)8-12(2)18-15-6-7-17(22)23-21(15)25-20(18)19/h6-10H,1-5H3/q+1. The van der Waals surface area contributed by atoms with Crippen LogP contribution in [0.2, 0.25) is 0 Å². The number of aromatic nitrogens is 2. The molecule has 4 rings (SSSR count). The van der Waals surface area contributed by atoms with Gasteiger partial charge in [0, 0.05) is 22.4 Å². The van der Waals surface area contributed by atoms with Crippen molar-refractivity contribution in [1.29, 1.82) is 0 Å². The van der Waals surface area contributed by atoms with Gasteiger partial charge in [0.25, 0.3) is 0 Å². The van der Waals surface area contributed by atoms with E-state index < -0.39 is 5.95 Å². The number of benzene rings is 1. The van der Waals surface area contributed by atoms with Gasteiger partial charge < -0.3 is 4.42 Å². The van der Waals surface area contributed by atoms with Gasteiger partial charge in [-0.15, -0.1) is 0 Å². The van der Waals surface area contributed by atoms with E-state index in [0.29, 0.717) is 5.71 Å². The first-order chi connectivity index (χ1) is 11.9. The summed E-state index contributed by atoms with van der Waals surface area (Å²) >= 11 is 0. The summed E-state index contributed by atoms with van der Waals surface area (Å²) in [5.74, 6) is -0.529. The Labute approximate surface area is 145 Å². The number of nitrogens with zero attached hydrogens (tertiary/aromatic N) is 2. The minimum atomic E-state index is -0.529. The lowest BCUT2D eigenvalue weighted by Gasteiger charge is -2.09. The summed E-state index contributed by atoms with van der Waals surface area (Å²) in [4.78, 5) is 3.93. The molecule has 0 fully saturated rings. The lowest BCUT2D eigenvalue weighted by Crippen LogP contribution is -2.31. The van der Waals surface area contributed by atoms with Crippen LogP contribution in [-0.2, 0) is 7.05 Å². The molecule has 3 nitrogen and oxygen atoms in total. The minimum Gasteiger partial charge on any atom is -0.437 e. The van der Waals surface area contributed by atoms with Crippen molar-refractivity contribution < 1.29 is 13.4 Å². The Morgan fingerprint density at radius 2 is 1.72 bits per heavy atom. The van der Waals surface area contributed by atoms with Crippen LogP contribution in [0.1, 0.15) is 22.3 Å². The molecule has 0 saturated heterocycles. The Morgan fingerprint density at radius 1 is 0.960 bits per heavy atom. The maximum atomic E-state index is 13.6. The molecule has 0 aliphatic rings. The van der Waals surface area contributed by atoms with Crippen LogP contribution in [0.4, 0.5) is 4.39 Å². The van der Waals surface area contributed by atoms with Gasteiger partial charge in [0.15, 0.2) is 11.8 Å². The minimum absolute atomic E-state index is 0.344. The Kier molecular flexibility index (Phi) is 3.39. The van der Waals surface area contributed by atoms with E-state index in [2.05, 4.69) is 55.6 Å². The van der Waals surface area contributed by atoms with Crippen molar-refractivity contribution in [3.63, 3.8) is 0 Å². The number of furan rings is 1. The van der Waals surface area contributed by atoms with Crippen molar-refractivity contribution in [2.24, 2.45) is 7.05 Å². The third-order valence-electron chi connectivity index (χ3n) is 4.97. The zero-order valence-corrected chi connectivity index (χ0v) is 15.1. The second-order valence-electron chi connectivity index (χ2n) is 6.81. The molecule has 0 atom stereocenters. The molecule has 0 amide bonds. The number of rotatable bonds is 1. The van der Waals surface area contributed by atoms with Crippen molar-refractivity contribution in [3.05, 3.63) is 58.7 Å². The Morgan fingerprint density at radius 3 is 2.48 bits per heavy atom. The van der Waals surface area contributed by atoms with Gasteiger partial charge in [-0.3, -0.25) is 0 Å². The fourth-order valence-corrected chi connectivity index (χ4v) is 3.62. The summed E-state index contributed by atoms with van der Waals surface area (Å²) in [5, 5.41) is 1.85. The Balaban J connectivity index is 2.18. The second-order valence-corrected chi connectivity index (χ2v) is 6.81. The van der Waals surface area contributed by atoms with Gasteiger partial charge in [-0.2, -0.15) is 9.37 Å². The maximum absolute atomic E-state index is 13.6. The summed E-state index contributed by atoms with van der Waals surface area (Å²) in [6.45, 7) is 8.34. The SMILES string of the molecule is Cc1cc(-c2c(C)cc(C)c3c2oc2nc(F)ccc23)[n+](C)cc1C. The van der Waals surface area contributed by atoms with Gasteiger partial charge in [0.1, 0.15) is 7.05 Å². The first-order valence-corrected chi connectivity index (χ1v) is 8.33. The monoisotopic (exact) mass is 335 g/mol. The third-order valence-corrected chi connectivity index (χ3v) is 4.97. The molecule has 0 radical (unpaired) electrons. The zero-order chi connectivity index (χ0) is 17.9. The Bertz CT molecular complexity index is 1160. The first-order valence-electron chi connectivity index (χ1n) is 8.33. The van der Waals surface area contributed by atoms with E-state index in [9.17, 15) is 4.39 Å². The molecule has 3 aromatic heterocycles. The van der Waals surface area contributed by atoms with Gasteiger partial charge in [0.05, 0.1) is 5.56 Å². The lowest BCUT2D eigenvalue weighted by atomic mass is 9.96. The predicted octanol–water partition coefficient (Wildman–Crippen LogP) is 4.85. The summed E-state index contributed by atoms with van der Waals surface area (Å²) in [5.41, 5.74) is 7.91. The van der Waals surface area contributed by atoms with Crippen LogP contribution in [-0.4, -0.2) is 4.98 Å². The summed E-state index contributed by atoms with van der Waals surface area (Å²) in [6.07, 6.45) is 2.12. The molecular weight excluding hydrogens is 315 g/mol. The number of halogens is 1. The van der Waals surface area contributed by atoms with Crippen LogP contribution in [0.5, 0.6) is 0 Å². The highest BCUT2D eigenvalue weighted by atomic mass is 19.1. The van der Waals surface area contributed by atoms with Crippen LogP contribution >= 0.6 is 0 Å². The van der Waals surface area contributed by atoms with E-state index in [1.54, 1.807) is 6.07 Å². The predicted molar refractivity (Wildman–Crippen MR) is 97.0 cm³/mol. The van der Waals surface area contributed by atoms with Crippen LogP contribution in [0, 0.1) is 33.6 Å². The molecule has 0 aliphatic carbocycles. The molecule has 1 aromatic carbocycles. The maximum Gasteiger partial charge on any atom is 0.229 e. The molecule has 0 bridgehead atoms. The van der Waals surface area contributed by atoms with Crippen LogP contribution in [0.3, 0.4) is 0 Å². The topological polar surface area (TPSA) is 29.9 Å². The van der Waals surface area contributed by atoms with Crippen molar-refractivity contribution in [2.75, 3.05) is 0 Å². The van der Waals surface area contributed by atoms with E-state index in [1.807, 2.05) is 7.05 Å². The fraction of sp³-hybridized carbons (Fsp3) is 0.238. The average molecular weight is 335 g/mol. The van der Waals surface area contributed by atoms with E-state index in [0.717, 1.165) is 38.7 Å². The molecule has 0 unspecified atom stereocenters. The van der Waals surface area contributed by atoms with Crippen LogP contribution in [0.15, 0.2) is 34.9 Å². The van der Waals surface area contributed by atoms with E-state index >= 15 is 0 Å². The molecule has 0 N–H and O–H groups in total. The third kappa shape index (κ3) is 2.32. The molecule has 126 valence electrons. The Hall–Kier alpha value is -2.75. The van der Waals surface area contributed by atoms with Crippen molar-refractivity contribution in [1.82, 2.24) is 4.98 Å². The van der Waals surface area contributed by atoms with Gasteiger partial charge >= 0.3 is 0 Å². The molecule has 25 heavy (non-hydrogen) atoms. The van der Waals surface area contributed by atoms with Crippen molar-refractivity contribution in [2.45, 2.75) is 27.7 Å². The van der Waals surface area contributed by atoms with Gasteiger partial charge in [0.2, 0.25) is 17.4 Å². The first kappa shape index (κ1) is 15.8. The molecule has 0 spiro atoms. The number of fused-ring (bicyclic) bond motifs is 3. The second kappa shape index (κ2) is 5.38. The highest BCUT2D eigenvalue weighted by Gasteiger charge is 2.23. The highest BCUT2D eigenvalue weighted by Crippen LogP contribution is 2.38. The summed E-state index contributed by atoms with van der Waals surface area (Å²) < 4.78 is 21.7. The van der Waals surface area contributed by atoms with Crippen LogP contribution < -0.4 is 4.57 Å². The van der Waals surface area contributed by atoms with Crippen molar-refractivity contribution in [3.8, 4) is 11.3 Å². The zero-order valence-electron chi connectivity index (χ0n) is 15.1. The average Bonchev–Trinajstić information content (AvgIpc) is 2.90. The largest absolute Gasteiger partial charge is 0.437 e. The van der Waals surface area contributed by atoms with E-state index in [-0.39, 0.29) is 0 Å². The molecule has 0 saturated carbocycles. The molecule has 3 heterocycles. The number of hydrogen-bond donors (Lipinski definition) is 0. The number of pyridine rings is 2. The van der Waals surface area contributed by atoms with Crippen molar-refractivity contribution >= 4 is 22.1 Å².